The quantitative estimate of drug-likeness (QED) is 0.642. The predicted octanol–water partition coefficient (Wildman–Crippen LogP) is 5.42. The van der Waals surface area contributed by atoms with Crippen molar-refractivity contribution < 1.29 is 9.53 Å². The normalized spacial score (nSPS) is 44.1. The van der Waals surface area contributed by atoms with Crippen LogP contribution in [0.1, 0.15) is 71.3 Å². The number of benzene rings is 1. The molecule has 4 heteroatoms. The summed E-state index contributed by atoms with van der Waals surface area (Å²) in [6.07, 6.45) is 8.25. The molecule has 5 rings (SSSR count). The minimum atomic E-state index is -0.0441. The number of rotatable bonds is 2. The van der Waals surface area contributed by atoms with Crippen LogP contribution in [0.5, 0.6) is 5.75 Å². The van der Waals surface area contributed by atoms with Gasteiger partial charge in [0, 0.05) is 13.5 Å². The molecule has 1 amide bonds. The lowest BCUT2D eigenvalue weighted by Crippen LogP contribution is -2.69. The first-order chi connectivity index (χ1) is 14.8. The fourth-order valence-electron chi connectivity index (χ4n) is 8.46. The molecule has 4 nitrogen and oxygen atoms in total. The minimum absolute atomic E-state index is 0.0441. The fourth-order valence-corrected chi connectivity index (χ4v) is 8.46. The fraction of sp³-hybridized carbons (Fsp3) is 0.704. The highest BCUT2D eigenvalue weighted by molar-refractivity contribution is 5.77. The van der Waals surface area contributed by atoms with Crippen molar-refractivity contribution in [3.8, 4) is 11.8 Å². The van der Waals surface area contributed by atoms with Crippen molar-refractivity contribution in [2.75, 3.05) is 7.05 Å². The van der Waals surface area contributed by atoms with E-state index >= 15 is 0 Å². The number of ether oxygens (including phenoxy) is 1. The molecule has 0 spiro atoms. The molecular weight excluding hydrogens is 384 g/mol. The van der Waals surface area contributed by atoms with Crippen molar-refractivity contribution in [1.29, 1.82) is 5.26 Å². The Morgan fingerprint density at radius 1 is 1.16 bits per heavy atom. The number of nitrogens with zero attached hydrogens (tertiary/aromatic N) is 2. The second kappa shape index (κ2) is 7.26. The van der Waals surface area contributed by atoms with Gasteiger partial charge in [-0.2, -0.15) is 5.26 Å². The van der Waals surface area contributed by atoms with E-state index in [-0.39, 0.29) is 23.5 Å². The van der Waals surface area contributed by atoms with Crippen LogP contribution in [-0.4, -0.2) is 30.0 Å². The average Bonchev–Trinajstić information content (AvgIpc) is 3.16. The van der Waals surface area contributed by atoms with E-state index in [0.717, 1.165) is 18.1 Å². The summed E-state index contributed by atoms with van der Waals surface area (Å²) in [5.41, 5.74) is 1.18. The predicted molar refractivity (Wildman–Crippen MR) is 120 cm³/mol. The van der Waals surface area contributed by atoms with Crippen LogP contribution >= 0.6 is 0 Å². The molecule has 4 fully saturated rings. The molecule has 8 atom stereocenters. The Hall–Kier alpha value is -2.02. The zero-order valence-corrected chi connectivity index (χ0v) is 19.4. The highest BCUT2D eigenvalue weighted by Gasteiger charge is 2.64. The van der Waals surface area contributed by atoms with Crippen LogP contribution in [0.15, 0.2) is 24.3 Å². The summed E-state index contributed by atoms with van der Waals surface area (Å²) in [4.78, 5) is 14.8. The number of carbonyl (C=O) groups is 1. The van der Waals surface area contributed by atoms with Crippen LogP contribution < -0.4 is 4.74 Å². The summed E-state index contributed by atoms with van der Waals surface area (Å²) < 4.78 is 6.75. The Balaban J connectivity index is 1.57. The first-order valence-corrected chi connectivity index (χ1v) is 12.2. The topological polar surface area (TPSA) is 53.3 Å². The van der Waals surface area contributed by atoms with Gasteiger partial charge in [-0.25, -0.2) is 0 Å². The summed E-state index contributed by atoms with van der Waals surface area (Å²) in [5, 5.41) is 9.35. The zero-order chi connectivity index (χ0) is 22.0. The molecule has 1 saturated heterocycles. The van der Waals surface area contributed by atoms with Gasteiger partial charge in [0.15, 0.2) is 0 Å². The SMILES string of the molecule is CC1C(Oc2cccc(C#N)c2)C2N(C)C(=O)CC[C@]2(C)[C@@H]2CC[C@]3(C)CCC[C@H]3[C@H]12. The molecule has 3 saturated carbocycles. The van der Waals surface area contributed by atoms with E-state index in [1.165, 1.54) is 32.1 Å². The largest absolute Gasteiger partial charge is 0.488 e. The molecule has 166 valence electrons. The van der Waals surface area contributed by atoms with Crippen molar-refractivity contribution in [3.63, 3.8) is 0 Å². The number of nitriles is 1. The maximum absolute atomic E-state index is 12.8. The Morgan fingerprint density at radius 2 is 1.97 bits per heavy atom. The first-order valence-electron chi connectivity index (χ1n) is 12.2. The Morgan fingerprint density at radius 3 is 2.74 bits per heavy atom. The maximum Gasteiger partial charge on any atom is 0.222 e. The summed E-state index contributed by atoms with van der Waals surface area (Å²) in [7, 11) is 1.99. The number of carbonyl (C=O) groups excluding carboxylic acids is 1. The number of likely N-dealkylation sites (N-methyl/N-ethyl adjacent to an activating group) is 1. The van der Waals surface area contributed by atoms with Crippen LogP contribution in [-0.2, 0) is 4.79 Å². The van der Waals surface area contributed by atoms with Gasteiger partial charge in [0.25, 0.3) is 0 Å². The second-order valence-corrected chi connectivity index (χ2v) is 11.4. The zero-order valence-electron chi connectivity index (χ0n) is 19.4. The summed E-state index contributed by atoms with van der Waals surface area (Å²) in [5.74, 6) is 3.45. The second-order valence-electron chi connectivity index (χ2n) is 11.4. The third-order valence-corrected chi connectivity index (χ3v) is 10.00. The first kappa shape index (κ1) is 20.9. The molecule has 0 aromatic heterocycles. The van der Waals surface area contributed by atoms with Crippen molar-refractivity contribution in [1.82, 2.24) is 4.90 Å². The monoisotopic (exact) mass is 420 g/mol. The van der Waals surface area contributed by atoms with Crippen LogP contribution in [0.3, 0.4) is 0 Å². The number of piperidine rings is 1. The molecule has 1 heterocycles. The molecule has 0 bridgehead atoms. The third kappa shape index (κ3) is 3.03. The number of hydrogen-bond acceptors (Lipinski definition) is 3. The number of amides is 1. The standard InChI is InChI=1S/C27H36N2O2/c1-17-23-20-9-6-12-26(20,2)13-10-21(23)27(3)14-11-22(30)29(4)25(27)24(17)31-19-8-5-7-18(15-19)16-28/h5,7-8,15,17,20-21,23-25H,6,9-14H2,1-4H3/t17?,20-,21+,23-,24?,25?,26-,27+/m0/s1. The highest BCUT2D eigenvalue weighted by atomic mass is 16.5. The Bertz CT molecular complexity index is 922. The smallest absolute Gasteiger partial charge is 0.222 e. The van der Waals surface area contributed by atoms with Gasteiger partial charge in [0.05, 0.1) is 17.7 Å². The molecule has 3 unspecified atom stereocenters. The van der Waals surface area contributed by atoms with E-state index in [4.69, 9.17) is 4.74 Å². The van der Waals surface area contributed by atoms with Crippen LogP contribution in [0, 0.1) is 45.8 Å². The van der Waals surface area contributed by atoms with Gasteiger partial charge in [-0.1, -0.05) is 33.3 Å². The number of hydrogen-bond donors (Lipinski definition) is 0. The number of likely N-dealkylation sites (tertiary alicyclic amines) is 1. The third-order valence-electron chi connectivity index (χ3n) is 10.00. The Labute approximate surface area is 186 Å². The molecule has 1 aliphatic heterocycles. The van der Waals surface area contributed by atoms with Crippen molar-refractivity contribution in [2.24, 2.45) is 34.5 Å². The summed E-state index contributed by atoms with van der Waals surface area (Å²) in [6, 6.07) is 9.84. The van der Waals surface area contributed by atoms with Crippen LogP contribution in [0.2, 0.25) is 0 Å². The molecule has 4 aliphatic rings. The lowest BCUT2D eigenvalue weighted by atomic mass is 9.44. The van der Waals surface area contributed by atoms with Crippen molar-refractivity contribution in [3.05, 3.63) is 29.8 Å². The number of fused-ring (bicyclic) bond motifs is 5. The van der Waals surface area contributed by atoms with E-state index in [9.17, 15) is 10.1 Å². The van der Waals surface area contributed by atoms with E-state index < -0.39 is 0 Å². The summed E-state index contributed by atoms with van der Waals surface area (Å²) in [6.45, 7) is 7.36. The van der Waals surface area contributed by atoms with E-state index in [2.05, 4.69) is 26.8 Å². The van der Waals surface area contributed by atoms with Gasteiger partial charge in [0.1, 0.15) is 11.9 Å². The highest BCUT2D eigenvalue weighted by Crippen LogP contribution is 2.66. The molecule has 31 heavy (non-hydrogen) atoms. The van der Waals surface area contributed by atoms with E-state index in [1.54, 1.807) is 0 Å². The molecule has 1 aromatic carbocycles. The molecular formula is C27H36N2O2. The molecule has 3 aliphatic carbocycles. The summed E-state index contributed by atoms with van der Waals surface area (Å²) >= 11 is 0. The van der Waals surface area contributed by atoms with E-state index in [1.807, 2.05) is 36.2 Å². The van der Waals surface area contributed by atoms with Crippen molar-refractivity contribution in [2.45, 2.75) is 77.9 Å². The van der Waals surface area contributed by atoms with Gasteiger partial charge in [-0.3, -0.25) is 4.79 Å². The van der Waals surface area contributed by atoms with Crippen molar-refractivity contribution >= 4 is 5.91 Å². The van der Waals surface area contributed by atoms with Gasteiger partial charge in [-0.05, 0) is 84.8 Å². The van der Waals surface area contributed by atoms with Gasteiger partial charge in [0.2, 0.25) is 5.91 Å². The average molecular weight is 421 g/mol. The maximum atomic E-state index is 12.8. The minimum Gasteiger partial charge on any atom is -0.488 e. The van der Waals surface area contributed by atoms with Gasteiger partial charge >= 0.3 is 0 Å². The molecule has 1 aromatic rings. The van der Waals surface area contributed by atoms with Crippen LogP contribution in [0.25, 0.3) is 0 Å². The van der Waals surface area contributed by atoms with E-state index in [0.29, 0.717) is 35.2 Å². The molecule has 0 radical (unpaired) electrons. The lowest BCUT2D eigenvalue weighted by Gasteiger charge is -2.65. The van der Waals surface area contributed by atoms with Gasteiger partial charge < -0.3 is 9.64 Å². The molecule has 0 N–H and O–H groups in total. The van der Waals surface area contributed by atoms with Gasteiger partial charge in [-0.15, -0.1) is 0 Å². The van der Waals surface area contributed by atoms with Crippen LogP contribution in [0.4, 0.5) is 0 Å². The Kier molecular flexibility index (Phi) is 4.88. The lowest BCUT2D eigenvalue weighted by molar-refractivity contribution is -0.191.